The summed E-state index contributed by atoms with van der Waals surface area (Å²) >= 11 is 0. The minimum absolute atomic E-state index is 0.221. The van der Waals surface area contributed by atoms with Gasteiger partial charge < -0.3 is 14.6 Å². The lowest BCUT2D eigenvalue weighted by molar-refractivity contribution is -0.310. The number of amides is 1. The molecule has 0 saturated carbocycles. The van der Waals surface area contributed by atoms with E-state index in [1.54, 1.807) is 20.8 Å². The first-order chi connectivity index (χ1) is 7.52. The Labute approximate surface area is 102 Å². The fourth-order valence-corrected chi connectivity index (χ4v) is 1.99. The molecule has 1 saturated heterocycles. The van der Waals surface area contributed by atoms with Crippen molar-refractivity contribution in [2.75, 3.05) is 6.54 Å². The predicted molar refractivity (Wildman–Crippen MR) is 60.1 cm³/mol. The van der Waals surface area contributed by atoms with Crippen LogP contribution in [0.4, 0.5) is 4.79 Å². The summed E-state index contributed by atoms with van der Waals surface area (Å²) in [5.74, 6) is -1.22. The third kappa shape index (κ3) is 3.61. The highest BCUT2D eigenvalue weighted by molar-refractivity contribution is 5.79. The number of aliphatic carboxylic acids is 1. The van der Waals surface area contributed by atoms with Gasteiger partial charge in [0.15, 0.2) is 0 Å². The third-order valence-electron chi connectivity index (χ3n) is 2.62. The Balaban J connectivity index is 2.81. The second-order valence-corrected chi connectivity index (χ2v) is 6.31. The van der Waals surface area contributed by atoms with Crippen LogP contribution in [0.15, 0.2) is 0 Å². The van der Waals surface area contributed by atoms with E-state index in [9.17, 15) is 14.7 Å². The normalized spacial score (nSPS) is 23.6. The quantitative estimate of drug-likeness (QED) is 0.681. The van der Waals surface area contributed by atoms with Gasteiger partial charge in [0.1, 0.15) is 5.60 Å². The van der Waals surface area contributed by atoms with Crippen molar-refractivity contribution in [3.63, 3.8) is 0 Å². The molecule has 0 N–H and O–H groups in total. The zero-order valence-corrected chi connectivity index (χ0v) is 11.1. The maximum absolute atomic E-state index is 11.9. The van der Waals surface area contributed by atoms with Crippen LogP contribution in [0.5, 0.6) is 0 Å². The summed E-state index contributed by atoms with van der Waals surface area (Å²) < 4.78 is 5.19. The summed E-state index contributed by atoms with van der Waals surface area (Å²) in [6, 6.07) is -0.889. The summed E-state index contributed by atoms with van der Waals surface area (Å²) in [5.41, 5.74) is -0.845. The van der Waals surface area contributed by atoms with Gasteiger partial charge in [0.05, 0.1) is 12.0 Å². The molecule has 0 spiro atoms. The fourth-order valence-electron chi connectivity index (χ4n) is 1.99. The van der Waals surface area contributed by atoms with E-state index in [1.807, 2.05) is 13.8 Å². The van der Waals surface area contributed by atoms with Crippen molar-refractivity contribution < 1.29 is 19.4 Å². The molecule has 1 rings (SSSR count). The van der Waals surface area contributed by atoms with Crippen molar-refractivity contribution >= 4 is 12.1 Å². The highest BCUT2D eigenvalue weighted by atomic mass is 16.6. The van der Waals surface area contributed by atoms with E-state index in [4.69, 9.17) is 4.74 Å². The van der Waals surface area contributed by atoms with Crippen molar-refractivity contribution in [3.05, 3.63) is 0 Å². The molecule has 1 aliphatic rings. The standard InChI is InChI=1S/C12H21NO4/c1-11(2,3)17-10(16)13-7-12(4,5)6-8(13)9(14)15/h8H,6-7H2,1-5H3,(H,14,15)/p-1/t8-/m0/s1. The summed E-state index contributed by atoms with van der Waals surface area (Å²) in [6.07, 6.45) is -0.188. The molecule has 1 heterocycles. The molecule has 17 heavy (non-hydrogen) atoms. The van der Waals surface area contributed by atoms with Crippen LogP contribution in [0.3, 0.4) is 0 Å². The second-order valence-electron chi connectivity index (χ2n) is 6.31. The van der Waals surface area contributed by atoms with E-state index in [0.717, 1.165) is 0 Å². The first kappa shape index (κ1) is 13.8. The summed E-state index contributed by atoms with van der Waals surface area (Å²) in [6.45, 7) is 9.47. The highest BCUT2D eigenvalue weighted by Crippen LogP contribution is 2.34. The Bertz CT molecular complexity index is 330. The molecule has 98 valence electrons. The van der Waals surface area contributed by atoms with Gasteiger partial charge in [0.25, 0.3) is 0 Å². The van der Waals surface area contributed by atoms with E-state index < -0.39 is 23.7 Å². The Morgan fingerprint density at radius 3 is 2.29 bits per heavy atom. The van der Waals surface area contributed by atoms with Crippen LogP contribution in [0.25, 0.3) is 0 Å². The van der Waals surface area contributed by atoms with E-state index in [2.05, 4.69) is 0 Å². The van der Waals surface area contributed by atoms with Crippen LogP contribution in [0, 0.1) is 5.41 Å². The van der Waals surface area contributed by atoms with Gasteiger partial charge in [-0.25, -0.2) is 4.79 Å². The molecular formula is C12H20NO4-. The van der Waals surface area contributed by atoms with Crippen molar-refractivity contribution in [2.24, 2.45) is 5.41 Å². The van der Waals surface area contributed by atoms with Gasteiger partial charge in [-0.1, -0.05) is 13.8 Å². The third-order valence-corrected chi connectivity index (χ3v) is 2.62. The summed E-state index contributed by atoms with van der Waals surface area (Å²) in [4.78, 5) is 24.1. The summed E-state index contributed by atoms with van der Waals surface area (Å²) in [7, 11) is 0. The van der Waals surface area contributed by atoms with Crippen LogP contribution in [-0.2, 0) is 9.53 Å². The number of carbonyl (C=O) groups excluding carboxylic acids is 2. The predicted octanol–water partition coefficient (Wildman–Crippen LogP) is 0.772. The molecule has 1 fully saturated rings. The molecule has 1 amide bonds. The minimum Gasteiger partial charge on any atom is -0.548 e. The largest absolute Gasteiger partial charge is 0.548 e. The number of hydrogen-bond donors (Lipinski definition) is 0. The lowest BCUT2D eigenvalue weighted by Gasteiger charge is -2.29. The van der Waals surface area contributed by atoms with Crippen LogP contribution in [0.1, 0.15) is 41.0 Å². The van der Waals surface area contributed by atoms with Crippen LogP contribution in [-0.4, -0.2) is 35.2 Å². The zero-order valence-electron chi connectivity index (χ0n) is 11.1. The molecule has 1 aliphatic heterocycles. The van der Waals surface area contributed by atoms with Gasteiger partial charge in [0.2, 0.25) is 0 Å². The van der Waals surface area contributed by atoms with Crippen LogP contribution >= 0.6 is 0 Å². The first-order valence-corrected chi connectivity index (χ1v) is 5.72. The van der Waals surface area contributed by atoms with Gasteiger partial charge in [-0.05, 0) is 32.6 Å². The molecule has 0 radical (unpaired) electrons. The van der Waals surface area contributed by atoms with Gasteiger partial charge in [0, 0.05) is 6.54 Å². The molecule has 0 aromatic heterocycles. The van der Waals surface area contributed by atoms with Gasteiger partial charge >= 0.3 is 6.09 Å². The summed E-state index contributed by atoms with van der Waals surface area (Å²) in [5, 5.41) is 11.0. The van der Waals surface area contributed by atoms with E-state index in [0.29, 0.717) is 13.0 Å². The van der Waals surface area contributed by atoms with E-state index in [-0.39, 0.29) is 5.41 Å². The molecule has 0 aromatic rings. The van der Waals surface area contributed by atoms with Crippen molar-refractivity contribution in [3.8, 4) is 0 Å². The van der Waals surface area contributed by atoms with Gasteiger partial charge in [-0.15, -0.1) is 0 Å². The average Bonchev–Trinajstić information content (AvgIpc) is 2.38. The smallest absolute Gasteiger partial charge is 0.410 e. The molecule has 0 bridgehead atoms. The topological polar surface area (TPSA) is 69.7 Å². The average molecular weight is 242 g/mol. The molecular weight excluding hydrogens is 222 g/mol. The van der Waals surface area contributed by atoms with Crippen LogP contribution in [0.2, 0.25) is 0 Å². The minimum atomic E-state index is -1.22. The molecule has 5 nitrogen and oxygen atoms in total. The molecule has 0 aromatic carbocycles. The SMILES string of the molecule is CC1(C)C[C@@H](C(=O)[O-])N(C(=O)OC(C)(C)C)C1. The first-order valence-electron chi connectivity index (χ1n) is 5.72. The fraction of sp³-hybridized carbons (Fsp3) is 0.833. The Morgan fingerprint density at radius 1 is 1.35 bits per heavy atom. The van der Waals surface area contributed by atoms with E-state index in [1.165, 1.54) is 4.90 Å². The Morgan fingerprint density at radius 2 is 1.88 bits per heavy atom. The van der Waals surface area contributed by atoms with Crippen molar-refractivity contribution in [1.82, 2.24) is 4.90 Å². The number of carboxylic acid groups (broad SMARTS) is 1. The number of likely N-dealkylation sites (tertiary alicyclic amines) is 1. The maximum Gasteiger partial charge on any atom is 0.410 e. The number of ether oxygens (including phenoxy) is 1. The molecule has 0 unspecified atom stereocenters. The van der Waals surface area contributed by atoms with Crippen LogP contribution < -0.4 is 5.11 Å². The second kappa shape index (κ2) is 4.20. The van der Waals surface area contributed by atoms with Crippen molar-refractivity contribution in [2.45, 2.75) is 52.7 Å². The van der Waals surface area contributed by atoms with Crippen molar-refractivity contribution in [1.29, 1.82) is 0 Å². The van der Waals surface area contributed by atoms with Gasteiger partial charge in [-0.2, -0.15) is 0 Å². The molecule has 5 heteroatoms. The Kier molecular flexibility index (Phi) is 3.41. The van der Waals surface area contributed by atoms with E-state index >= 15 is 0 Å². The molecule has 1 atom stereocenters. The molecule has 0 aliphatic carbocycles. The number of carbonyl (C=O) groups is 2. The maximum atomic E-state index is 11.9. The lowest BCUT2D eigenvalue weighted by Crippen LogP contribution is -2.48. The monoisotopic (exact) mass is 242 g/mol. The Hall–Kier alpha value is -1.26. The number of nitrogens with zero attached hydrogens (tertiary/aromatic N) is 1. The number of carboxylic acids is 1. The zero-order chi connectivity index (χ0) is 13.4. The highest BCUT2D eigenvalue weighted by Gasteiger charge is 2.42. The number of rotatable bonds is 1. The number of hydrogen-bond acceptors (Lipinski definition) is 4. The lowest BCUT2D eigenvalue weighted by atomic mass is 9.91. The van der Waals surface area contributed by atoms with Gasteiger partial charge in [-0.3, -0.25) is 4.90 Å².